The van der Waals surface area contributed by atoms with Gasteiger partial charge in [-0.1, -0.05) is 44.2 Å². The lowest BCUT2D eigenvalue weighted by atomic mass is 9.85. The molecular weight excluding hydrogens is 277 g/mol. The maximum atomic E-state index is 12.5. The third-order valence-electron chi connectivity index (χ3n) is 4.42. The summed E-state index contributed by atoms with van der Waals surface area (Å²) in [5, 5.41) is 10.4. The van der Waals surface area contributed by atoms with Gasteiger partial charge in [-0.25, -0.2) is 0 Å². The Bertz CT molecular complexity index is 417. The normalized spacial score (nSPS) is 19.8. The van der Waals surface area contributed by atoms with Gasteiger partial charge in [0.25, 0.3) is 0 Å². The first-order valence-corrected chi connectivity index (χ1v) is 7.81. The molecule has 1 atom stereocenters. The number of alkyl halides is 3. The van der Waals surface area contributed by atoms with Crippen molar-refractivity contribution in [3.8, 4) is 0 Å². The second-order valence-corrected chi connectivity index (χ2v) is 6.07. The van der Waals surface area contributed by atoms with Crippen LogP contribution < -0.4 is 0 Å². The van der Waals surface area contributed by atoms with Crippen molar-refractivity contribution >= 4 is 0 Å². The van der Waals surface area contributed by atoms with Gasteiger partial charge in [0.05, 0.1) is 11.7 Å². The summed E-state index contributed by atoms with van der Waals surface area (Å²) < 4.78 is 37.5. The van der Waals surface area contributed by atoms with Crippen LogP contribution in [0.1, 0.15) is 56.1 Å². The van der Waals surface area contributed by atoms with Gasteiger partial charge >= 0.3 is 6.18 Å². The standard InChI is InChI=1S/C17H23F3O/c18-17(19,20)15-10-8-13(9-11-15)12-16(21)14-6-4-2-1-3-5-7-14/h8-11,14,16,21H,1-7,12H2. The van der Waals surface area contributed by atoms with Gasteiger partial charge in [-0.15, -0.1) is 0 Å². The van der Waals surface area contributed by atoms with E-state index in [0.29, 0.717) is 6.42 Å². The van der Waals surface area contributed by atoms with E-state index >= 15 is 0 Å². The fourth-order valence-electron chi connectivity index (χ4n) is 3.11. The maximum Gasteiger partial charge on any atom is 0.416 e. The van der Waals surface area contributed by atoms with Gasteiger partial charge in [-0.2, -0.15) is 13.2 Å². The summed E-state index contributed by atoms with van der Waals surface area (Å²) in [6.07, 6.45) is 3.79. The van der Waals surface area contributed by atoms with Crippen molar-refractivity contribution < 1.29 is 18.3 Å². The van der Waals surface area contributed by atoms with Crippen LogP contribution in [0.5, 0.6) is 0 Å². The van der Waals surface area contributed by atoms with E-state index in [4.69, 9.17) is 0 Å². The Morgan fingerprint density at radius 3 is 2.00 bits per heavy atom. The highest BCUT2D eigenvalue weighted by Gasteiger charge is 2.30. The smallest absolute Gasteiger partial charge is 0.392 e. The van der Waals surface area contributed by atoms with E-state index in [2.05, 4.69) is 0 Å². The molecule has 0 radical (unpaired) electrons. The molecule has 4 heteroatoms. The largest absolute Gasteiger partial charge is 0.416 e. The monoisotopic (exact) mass is 300 g/mol. The molecule has 2 rings (SSSR count). The predicted octanol–water partition coefficient (Wildman–Crippen LogP) is 4.97. The Balaban J connectivity index is 1.93. The second-order valence-electron chi connectivity index (χ2n) is 6.07. The Hall–Kier alpha value is -1.03. The lowest BCUT2D eigenvalue weighted by Crippen LogP contribution is -2.23. The van der Waals surface area contributed by atoms with Gasteiger partial charge in [-0.05, 0) is 42.9 Å². The average molecular weight is 300 g/mol. The van der Waals surface area contributed by atoms with Gasteiger partial charge in [-0.3, -0.25) is 0 Å². The molecule has 0 bridgehead atoms. The van der Waals surface area contributed by atoms with Crippen molar-refractivity contribution in [3.63, 3.8) is 0 Å². The molecule has 0 heterocycles. The minimum absolute atomic E-state index is 0.285. The van der Waals surface area contributed by atoms with Crippen LogP contribution in [0.3, 0.4) is 0 Å². The molecule has 0 aliphatic heterocycles. The molecule has 0 aromatic heterocycles. The van der Waals surface area contributed by atoms with E-state index in [1.807, 2.05) is 0 Å². The maximum absolute atomic E-state index is 12.5. The molecule has 0 amide bonds. The highest BCUT2D eigenvalue weighted by Crippen LogP contribution is 2.30. The number of hydrogen-bond acceptors (Lipinski definition) is 1. The number of rotatable bonds is 3. The van der Waals surface area contributed by atoms with Crippen molar-refractivity contribution in [2.24, 2.45) is 5.92 Å². The molecule has 1 aromatic carbocycles. The average Bonchev–Trinajstić information content (AvgIpc) is 2.37. The van der Waals surface area contributed by atoms with Gasteiger partial charge in [0.15, 0.2) is 0 Å². The van der Waals surface area contributed by atoms with Crippen molar-refractivity contribution in [2.45, 2.75) is 63.6 Å². The van der Waals surface area contributed by atoms with Gasteiger partial charge in [0.2, 0.25) is 0 Å². The topological polar surface area (TPSA) is 20.2 Å². The van der Waals surface area contributed by atoms with Crippen LogP contribution >= 0.6 is 0 Å². The number of aliphatic hydroxyl groups excluding tert-OH is 1. The zero-order chi connectivity index (χ0) is 15.3. The van der Waals surface area contributed by atoms with E-state index in [1.54, 1.807) is 0 Å². The minimum atomic E-state index is -4.29. The Kier molecular flexibility index (Phi) is 5.68. The first-order valence-electron chi connectivity index (χ1n) is 7.81. The SMILES string of the molecule is OC(Cc1ccc(C(F)(F)F)cc1)C1CCCCCCC1. The van der Waals surface area contributed by atoms with Crippen molar-refractivity contribution in [1.82, 2.24) is 0 Å². The van der Waals surface area contributed by atoms with Crippen LogP contribution in [0.15, 0.2) is 24.3 Å². The number of halogens is 3. The summed E-state index contributed by atoms with van der Waals surface area (Å²) in [7, 11) is 0. The summed E-state index contributed by atoms with van der Waals surface area (Å²) >= 11 is 0. The van der Waals surface area contributed by atoms with Gasteiger partial charge in [0, 0.05) is 0 Å². The minimum Gasteiger partial charge on any atom is -0.392 e. The molecule has 1 saturated carbocycles. The third kappa shape index (κ3) is 5.03. The molecule has 1 aromatic rings. The molecule has 1 aliphatic rings. The first-order chi connectivity index (χ1) is 9.97. The molecule has 1 aliphatic carbocycles. The summed E-state index contributed by atoms with van der Waals surface area (Å²) in [5.41, 5.74) is 0.143. The van der Waals surface area contributed by atoms with Gasteiger partial charge < -0.3 is 5.11 Å². The molecule has 21 heavy (non-hydrogen) atoms. The van der Waals surface area contributed by atoms with E-state index in [9.17, 15) is 18.3 Å². The zero-order valence-electron chi connectivity index (χ0n) is 12.2. The second kappa shape index (κ2) is 7.30. The number of aliphatic hydroxyl groups is 1. The summed E-state index contributed by atoms with van der Waals surface area (Å²) in [5.74, 6) is 0.285. The zero-order valence-corrected chi connectivity index (χ0v) is 12.2. The van der Waals surface area contributed by atoms with Crippen LogP contribution in [-0.4, -0.2) is 11.2 Å². The predicted molar refractivity (Wildman–Crippen MR) is 77.0 cm³/mol. The van der Waals surface area contributed by atoms with Crippen molar-refractivity contribution in [1.29, 1.82) is 0 Å². The fourth-order valence-corrected chi connectivity index (χ4v) is 3.11. The van der Waals surface area contributed by atoms with Gasteiger partial charge in [0.1, 0.15) is 0 Å². The van der Waals surface area contributed by atoms with Crippen molar-refractivity contribution in [2.75, 3.05) is 0 Å². The molecule has 118 valence electrons. The summed E-state index contributed by atoms with van der Waals surface area (Å²) in [6.45, 7) is 0. The molecule has 1 N–H and O–H groups in total. The number of benzene rings is 1. The lowest BCUT2D eigenvalue weighted by Gasteiger charge is -2.25. The quantitative estimate of drug-likeness (QED) is 0.835. The molecule has 0 spiro atoms. The Morgan fingerprint density at radius 2 is 1.48 bits per heavy atom. The molecule has 1 fully saturated rings. The van der Waals surface area contributed by atoms with Crippen LogP contribution in [0, 0.1) is 5.92 Å². The molecule has 1 unspecified atom stereocenters. The first kappa shape index (κ1) is 16.3. The highest BCUT2D eigenvalue weighted by molar-refractivity contribution is 5.25. The highest BCUT2D eigenvalue weighted by atomic mass is 19.4. The van der Waals surface area contributed by atoms with Crippen LogP contribution in [-0.2, 0) is 12.6 Å². The van der Waals surface area contributed by atoms with E-state index in [0.717, 1.165) is 43.4 Å². The van der Waals surface area contributed by atoms with E-state index in [1.165, 1.54) is 31.4 Å². The third-order valence-corrected chi connectivity index (χ3v) is 4.42. The van der Waals surface area contributed by atoms with Crippen LogP contribution in [0.25, 0.3) is 0 Å². The van der Waals surface area contributed by atoms with E-state index in [-0.39, 0.29) is 5.92 Å². The molecular formula is C17H23F3O. The fraction of sp³-hybridized carbons (Fsp3) is 0.647. The lowest BCUT2D eigenvalue weighted by molar-refractivity contribution is -0.137. The summed E-state index contributed by atoms with van der Waals surface area (Å²) in [4.78, 5) is 0. The molecule has 1 nitrogen and oxygen atoms in total. The van der Waals surface area contributed by atoms with Crippen LogP contribution in [0.4, 0.5) is 13.2 Å². The number of hydrogen-bond donors (Lipinski definition) is 1. The molecule has 0 saturated heterocycles. The van der Waals surface area contributed by atoms with Crippen LogP contribution in [0.2, 0.25) is 0 Å². The van der Waals surface area contributed by atoms with E-state index < -0.39 is 17.8 Å². The Morgan fingerprint density at radius 1 is 0.952 bits per heavy atom. The summed E-state index contributed by atoms with van der Waals surface area (Å²) in [6, 6.07) is 5.16. The van der Waals surface area contributed by atoms with Crippen molar-refractivity contribution in [3.05, 3.63) is 35.4 Å². The Labute approximate surface area is 124 Å².